The fraction of sp³-hybridized carbons (Fsp3) is 0.182. The van der Waals surface area contributed by atoms with Crippen LogP contribution in [0, 0.1) is 5.92 Å². The van der Waals surface area contributed by atoms with E-state index in [1.165, 1.54) is 18.0 Å². The molecule has 4 nitrogen and oxygen atoms in total. The number of fused-ring (bicyclic) bond motifs is 1. The van der Waals surface area contributed by atoms with Gasteiger partial charge in [0, 0.05) is 16.7 Å². The van der Waals surface area contributed by atoms with Crippen LogP contribution < -0.4 is 0 Å². The SMILES string of the molecule is CSc1ccc2c(c1)C(=O)C(C(=O)O)C=N2. The molecule has 0 radical (unpaired) electrons. The molecule has 1 aromatic rings. The summed E-state index contributed by atoms with van der Waals surface area (Å²) in [6.45, 7) is 0. The fourth-order valence-corrected chi connectivity index (χ4v) is 1.96. The van der Waals surface area contributed by atoms with Crippen molar-refractivity contribution in [1.29, 1.82) is 0 Å². The van der Waals surface area contributed by atoms with E-state index >= 15 is 0 Å². The molecule has 0 fully saturated rings. The van der Waals surface area contributed by atoms with Crippen molar-refractivity contribution in [3.63, 3.8) is 0 Å². The number of benzene rings is 1. The lowest BCUT2D eigenvalue weighted by molar-refractivity contribution is -0.137. The first-order chi connectivity index (χ1) is 7.63. The molecule has 1 atom stereocenters. The van der Waals surface area contributed by atoms with Gasteiger partial charge in [-0.2, -0.15) is 0 Å². The highest BCUT2D eigenvalue weighted by Crippen LogP contribution is 2.29. The van der Waals surface area contributed by atoms with E-state index < -0.39 is 17.7 Å². The van der Waals surface area contributed by atoms with Gasteiger partial charge in [-0.05, 0) is 24.5 Å². The maximum atomic E-state index is 11.8. The Bertz CT molecular complexity index is 496. The summed E-state index contributed by atoms with van der Waals surface area (Å²) in [6, 6.07) is 5.28. The summed E-state index contributed by atoms with van der Waals surface area (Å²) in [4.78, 5) is 27.6. The maximum Gasteiger partial charge on any atom is 0.319 e. The molecule has 0 saturated carbocycles. The summed E-state index contributed by atoms with van der Waals surface area (Å²) < 4.78 is 0. The largest absolute Gasteiger partial charge is 0.480 e. The predicted octanol–water partition coefficient (Wildman–Crippen LogP) is 2.01. The minimum Gasteiger partial charge on any atom is -0.480 e. The number of carboxylic acid groups (broad SMARTS) is 1. The van der Waals surface area contributed by atoms with Crippen LogP contribution in [0.25, 0.3) is 0 Å². The lowest BCUT2D eigenvalue weighted by Crippen LogP contribution is -2.27. The van der Waals surface area contributed by atoms with E-state index in [0.717, 1.165) is 4.90 Å². The molecule has 1 N–H and O–H groups in total. The van der Waals surface area contributed by atoms with E-state index in [1.54, 1.807) is 12.1 Å². The Hall–Kier alpha value is -1.62. The van der Waals surface area contributed by atoms with E-state index in [-0.39, 0.29) is 0 Å². The average molecular weight is 235 g/mol. The quantitative estimate of drug-likeness (QED) is 0.629. The number of Topliss-reactive ketones (excluding diaryl/α,β-unsaturated/α-hetero) is 1. The third kappa shape index (κ3) is 1.74. The van der Waals surface area contributed by atoms with Crippen LogP contribution >= 0.6 is 11.8 Å². The standard InChI is InChI=1S/C11H9NO3S/c1-16-6-2-3-9-7(4-6)10(13)8(5-12-9)11(14)15/h2-5,8H,1H3,(H,14,15). The van der Waals surface area contributed by atoms with Crippen LogP contribution in [0.1, 0.15) is 10.4 Å². The van der Waals surface area contributed by atoms with Crippen LogP contribution in [-0.4, -0.2) is 29.3 Å². The number of rotatable bonds is 2. The highest BCUT2D eigenvalue weighted by molar-refractivity contribution is 7.98. The molecule has 1 aromatic carbocycles. The third-order valence-electron chi connectivity index (χ3n) is 2.38. The van der Waals surface area contributed by atoms with E-state index in [2.05, 4.69) is 4.99 Å². The lowest BCUT2D eigenvalue weighted by Gasteiger charge is -2.14. The Labute approximate surface area is 96.4 Å². The predicted molar refractivity (Wildman–Crippen MR) is 61.8 cm³/mol. The van der Waals surface area contributed by atoms with Crippen LogP contribution in [0.15, 0.2) is 28.1 Å². The van der Waals surface area contributed by atoms with Crippen LogP contribution in [0.3, 0.4) is 0 Å². The van der Waals surface area contributed by atoms with Crippen molar-refractivity contribution in [2.75, 3.05) is 6.26 Å². The zero-order chi connectivity index (χ0) is 11.7. The van der Waals surface area contributed by atoms with Crippen molar-refractivity contribution < 1.29 is 14.7 Å². The lowest BCUT2D eigenvalue weighted by atomic mass is 9.95. The van der Waals surface area contributed by atoms with Gasteiger partial charge in [-0.1, -0.05) is 0 Å². The Morgan fingerprint density at radius 1 is 1.50 bits per heavy atom. The van der Waals surface area contributed by atoms with Crippen molar-refractivity contribution in [2.45, 2.75) is 4.90 Å². The first-order valence-electron chi connectivity index (χ1n) is 4.62. The van der Waals surface area contributed by atoms with Gasteiger partial charge < -0.3 is 5.11 Å². The first kappa shape index (κ1) is 10.9. The number of hydrogen-bond donors (Lipinski definition) is 1. The van der Waals surface area contributed by atoms with Gasteiger partial charge in [0.2, 0.25) is 0 Å². The van der Waals surface area contributed by atoms with E-state index in [0.29, 0.717) is 11.3 Å². The Balaban J connectivity index is 2.49. The van der Waals surface area contributed by atoms with Crippen LogP contribution in [0.2, 0.25) is 0 Å². The number of carboxylic acids is 1. The number of aliphatic carboxylic acids is 1. The molecular formula is C11H9NO3S. The number of hydrogen-bond acceptors (Lipinski definition) is 4. The topological polar surface area (TPSA) is 66.7 Å². The summed E-state index contributed by atoms with van der Waals surface area (Å²) in [7, 11) is 0. The molecule has 0 amide bonds. The fourth-order valence-electron chi connectivity index (χ4n) is 1.52. The highest BCUT2D eigenvalue weighted by Gasteiger charge is 2.30. The summed E-state index contributed by atoms with van der Waals surface area (Å²) in [5.74, 6) is -2.70. The molecule has 0 aliphatic carbocycles. The van der Waals surface area contributed by atoms with E-state index in [4.69, 9.17) is 5.11 Å². The second kappa shape index (κ2) is 4.09. The van der Waals surface area contributed by atoms with Crippen LogP contribution in [0.5, 0.6) is 0 Å². The molecule has 0 aromatic heterocycles. The Morgan fingerprint density at radius 3 is 2.88 bits per heavy atom. The monoisotopic (exact) mass is 235 g/mol. The maximum absolute atomic E-state index is 11.8. The molecule has 0 saturated heterocycles. The van der Waals surface area contributed by atoms with Gasteiger partial charge in [-0.3, -0.25) is 14.6 Å². The van der Waals surface area contributed by atoms with E-state index in [1.807, 2.05) is 12.3 Å². The minimum atomic E-state index is -1.16. The molecule has 82 valence electrons. The Morgan fingerprint density at radius 2 is 2.25 bits per heavy atom. The number of nitrogens with zero attached hydrogens (tertiary/aromatic N) is 1. The average Bonchev–Trinajstić information content (AvgIpc) is 2.28. The molecule has 16 heavy (non-hydrogen) atoms. The van der Waals surface area contributed by atoms with Crippen molar-refractivity contribution in [1.82, 2.24) is 0 Å². The molecule has 1 aliphatic rings. The number of ketones is 1. The smallest absolute Gasteiger partial charge is 0.319 e. The molecule has 2 rings (SSSR count). The molecule has 1 aliphatic heterocycles. The van der Waals surface area contributed by atoms with Gasteiger partial charge in [0.1, 0.15) is 0 Å². The van der Waals surface area contributed by atoms with Gasteiger partial charge in [0.05, 0.1) is 5.69 Å². The number of carbonyl (C=O) groups is 2. The summed E-state index contributed by atoms with van der Waals surface area (Å²) in [5, 5.41) is 8.84. The zero-order valence-electron chi connectivity index (χ0n) is 8.51. The van der Waals surface area contributed by atoms with Gasteiger partial charge in [0.15, 0.2) is 11.7 Å². The Kier molecular flexibility index (Phi) is 2.78. The van der Waals surface area contributed by atoms with Gasteiger partial charge >= 0.3 is 5.97 Å². The molecule has 1 unspecified atom stereocenters. The first-order valence-corrected chi connectivity index (χ1v) is 5.85. The molecule has 1 heterocycles. The molecule has 5 heteroatoms. The van der Waals surface area contributed by atoms with Crippen LogP contribution in [-0.2, 0) is 4.79 Å². The summed E-state index contributed by atoms with van der Waals surface area (Å²) in [5.41, 5.74) is 0.932. The van der Waals surface area contributed by atoms with Crippen molar-refractivity contribution in [3.05, 3.63) is 23.8 Å². The van der Waals surface area contributed by atoms with Crippen molar-refractivity contribution >= 4 is 35.4 Å². The second-order valence-electron chi connectivity index (χ2n) is 3.34. The second-order valence-corrected chi connectivity index (χ2v) is 4.22. The number of aliphatic imine (C=N–C) groups is 1. The normalized spacial score (nSPS) is 18.3. The van der Waals surface area contributed by atoms with E-state index in [9.17, 15) is 9.59 Å². The molecular weight excluding hydrogens is 226 g/mol. The zero-order valence-corrected chi connectivity index (χ0v) is 9.32. The molecule has 0 spiro atoms. The highest BCUT2D eigenvalue weighted by atomic mass is 32.2. The number of thioether (sulfide) groups is 1. The summed E-state index contributed by atoms with van der Waals surface area (Å²) >= 11 is 1.50. The van der Waals surface area contributed by atoms with Crippen molar-refractivity contribution in [2.24, 2.45) is 10.9 Å². The summed E-state index contributed by atoms with van der Waals surface area (Å²) in [6.07, 6.45) is 3.08. The molecule has 0 bridgehead atoms. The van der Waals surface area contributed by atoms with Gasteiger partial charge in [-0.15, -0.1) is 11.8 Å². The minimum absolute atomic E-state index is 0.391. The van der Waals surface area contributed by atoms with Crippen LogP contribution in [0.4, 0.5) is 5.69 Å². The third-order valence-corrected chi connectivity index (χ3v) is 3.11. The van der Waals surface area contributed by atoms with Crippen molar-refractivity contribution in [3.8, 4) is 0 Å². The van der Waals surface area contributed by atoms with Gasteiger partial charge in [0.25, 0.3) is 0 Å². The van der Waals surface area contributed by atoms with Gasteiger partial charge in [-0.25, -0.2) is 0 Å². The number of carbonyl (C=O) groups excluding carboxylic acids is 1.